The Morgan fingerprint density at radius 3 is 2.10 bits per heavy atom. The van der Waals surface area contributed by atoms with Crippen molar-refractivity contribution in [2.24, 2.45) is 0 Å². The SMILES string of the molecule is O=C(c1ccccc1Oc1ccccc1)N1CCN(S(=O)(=O)c2ccc(F)cc2)CC1. The topological polar surface area (TPSA) is 66.9 Å². The molecule has 0 atom stereocenters. The van der Waals surface area contributed by atoms with Gasteiger partial charge in [-0.05, 0) is 48.5 Å². The molecule has 0 spiro atoms. The molecule has 1 fully saturated rings. The van der Waals surface area contributed by atoms with E-state index in [1.54, 1.807) is 41.3 Å². The van der Waals surface area contributed by atoms with E-state index in [1.807, 2.05) is 18.2 Å². The number of sulfonamides is 1. The molecule has 6 nitrogen and oxygen atoms in total. The minimum atomic E-state index is -3.74. The van der Waals surface area contributed by atoms with E-state index in [9.17, 15) is 17.6 Å². The number of halogens is 1. The van der Waals surface area contributed by atoms with Crippen molar-refractivity contribution in [1.82, 2.24) is 9.21 Å². The summed E-state index contributed by atoms with van der Waals surface area (Å²) in [6.45, 7) is 0.818. The molecule has 1 saturated heterocycles. The van der Waals surface area contributed by atoms with Crippen LogP contribution in [0, 0.1) is 5.82 Å². The Morgan fingerprint density at radius 1 is 0.806 bits per heavy atom. The van der Waals surface area contributed by atoms with Crippen LogP contribution in [0.25, 0.3) is 0 Å². The first-order valence-electron chi connectivity index (χ1n) is 9.82. The first-order valence-corrected chi connectivity index (χ1v) is 11.3. The van der Waals surface area contributed by atoms with Crippen LogP contribution in [0.3, 0.4) is 0 Å². The summed E-state index contributed by atoms with van der Waals surface area (Å²) in [4.78, 5) is 14.8. The molecule has 3 aromatic rings. The molecule has 0 N–H and O–H groups in total. The molecule has 0 aliphatic carbocycles. The van der Waals surface area contributed by atoms with Crippen LogP contribution in [0.2, 0.25) is 0 Å². The maximum Gasteiger partial charge on any atom is 0.257 e. The van der Waals surface area contributed by atoms with E-state index in [4.69, 9.17) is 4.74 Å². The Balaban J connectivity index is 1.46. The van der Waals surface area contributed by atoms with Crippen molar-refractivity contribution in [3.8, 4) is 11.5 Å². The molecule has 0 aromatic heterocycles. The smallest absolute Gasteiger partial charge is 0.257 e. The number of carbonyl (C=O) groups is 1. The molecule has 1 heterocycles. The monoisotopic (exact) mass is 440 g/mol. The fraction of sp³-hybridized carbons (Fsp3) is 0.174. The maximum atomic E-state index is 13.1. The van der Waals surface area contributed by atoms with Crippen LogP contribution in [0.1, 0.15) is 10.4 Å². The molecule has 0 radical (unpaired) electrons. The lowest BCUT2D eigenvalue weighted by molar-refractivity contribution is 0.0695. The fourth-order valence-electron chi connectivity index (χ4n) is 3.41. The minimum absolute atomic E-state index is 0.0373. The molecule has 8 heteroatoms. The van der Waals surface area contributed by atoms with E-state index in [-0.39, 0.29) is 37.0 Å². The molecule has 160 valence electrons. The van der Waals surface area contributed by atoms with Gasteiger partial charge < -0.3 is 9.64 Å². The highest BCUT2D eigenvalue weighted by Crippen LogP contribution is 2.27. The largest absolute Gasteiger partial charge is 0.457 e. The van der Waals surface area contributed by atoms with Crippen LogP contribution in [0.5, 0.6) is 11.5 Å². The summed E-state index contributed by atoms with van der Waals surface area (Å²) < 4.78 is 45.9. The van der Waals surface area contributed by atoms with Gasteiger partial charge >= 0.3 is 0 Å². The Kier molecular flexibility index (Phi) is 6.01. The number of hydrogen-bond donors (Lipinski definition) is 0. The van der Waals surface area contributed by atoms with Crippen molar-refractivity contribution < 1.29 is 22.3 Å². The Hall–Kier alpha value is -3.23. The molecular formula is C23H21FN2O4S. The average molecular weight is 440 g/mol. The normalized spacial score (nSPS) is 14.9. The summed E-state index contributed by atoms with van der Waals surface area (Å²) in [5.74, 6) is 0.356. The molecule has 0 bridgehead atoms. The average Bonchev–Trinajstić information content (AvgIpc) is 2.80. The van der Waals surface area contributed by atoms with Crippen LogP contribution in [0.15, 0.2) is 83.8 Å². The third-order valence-electron chi connectivity index (χ3n) is 5.07. The van der Waals surface area contributed by atoms with Crippen molar-refractivity contribution in [2.75, 3.05) is 26.2 Å². The molecule has 1 aliphatic rings. The first-order chi connectivity index (χ1) is 14.9. The molecule has 3 aromatic carbocycles. The van der Waals surface area contributed by atoms with Gasteiger partial charge in [0, 0.05) is 26.2 Å². The van der Waals surface area contributed by atoms with E-state index in [2.05, 4.69) is 0 Å². The second-order valence-corrected chi connectivity index (χ2v) is 9.00. The predicted molar refractivity (Wildman–Crippen MR) is 114 cm³/mol. The fourth-order valence-corrected chi connectivity index (χ4v) is 4.83. The number of nitrogens with zero attached hydrogens (tertiary/aromatic N) is 2. The lowest BCUT2D eigenvalue weighted by Crippen LogP contribution is -2.50. The Bertz CT molecular complexity index is 1160. The lowest BCUT2D eigenvalue weighted by atomic mass is 10.1. The van der Waals surface area contributed by atoms with Crippen molar-refractivity contribution in [1.29, 1.82) is 0 Å². The Labute approximate surface area is 180 Å². The molecule has 1 amide bonds. The van der Waals surface area contributed by atoms with E-state index in [0.29, 0.717) is 17.1 Å². The van der Waals surface area contributed by atoms with Crippen molar-refractivity contribution in [2.45, 2.75) is 4.90 Å². The standard InChI is InChI=1S/C23H21FN2O4S/c24-18-10-12-20(13-11-18)31(28,29)26-16-14-25(15-17-26)23(27)21-8-4-5-9-22(21)30-19-6-2-1-3-7-19/h1-13H,14-17H2. The van der Waals surface area contributed by atoms with Gasteiger partial charge in [-0.1, -0.05) is 30.3 Å². The number of ether oxygens (including phenoxy) is 1. The number of rotatable bonds is 5. The van der Waals surface area contributed by atoms with Crippen molar-refractivity contribution >= 4 is 15.9 Å². The molecule has 0 saturated carbocycles. The third-order valence-corrected chi connectivity index (χ3v) is 6.98. The van der Waals surface area contributed by atoms with E-state index < -0.39 is 15.8 Å². The highest BCUT2D eigenvalue weighted by Gasteiger charge is 2.31. The summed E-state index contributed by atoms with van der Waals surface area (Å²) in [7, 11) is -3.74. The molecule has 1 aliphatic heterocycles. The zero-order valence-electron chi connectivity index (χ0n) is 16.6. The van der Waals surface area contributed by atoms with Crippen LogP contribution in [0.4, 0.5) is 4.39 Å². The van der Waals surface area contributed by atoms with Crippen molar-refractivity contribution in [3.05, 3.63) is 90.2 Å². The van der Waals surface area contributed by atoms with Crippen LogP contribution >= 0.6 is 0 Å². The maximum absolute atomic E-state index is 13.1. The first kappa shape index (κ1) is 21.0. The number of piperazine rings is 1. The molecule has 4 rings (SSSR count). The summed E-state index contributed by atoms with van der Waals surface area (Å²) in [6.07, 6.45) is 0. The van der Waals surface area contributed by atoms with Gasteiger partial charge in [-0.15, -0.1) is 0 Å². The van der Waals surface area contributed by atoms with Gasteiger partial charge in [-0.3, -0.25) is 4.79 Å². The second kappa shape index (κ2) is 8.87. The van der Waals surface area contributed by atoms with Crippen LogP contribution in [-0.2, 0) is 10.0 Å². The van der Waals surface area contributed by atoms with E-state index in [0.717, 1.165) is 12.1 Å². The van der Waals surface area contributed by atoms with E-state index >= 15 is 0 Å². The number of hydrogen-bond acceptors (Lipinski definition) is 4. The molecule has 0 unspecified atom stereocenters. The van der Waals surface area contributed by atoms with Crippen molar-refractivity contribution in [3.63, 3.8) is 0 Å². The predicted octanol–water partition coefficient (Wildman–Crippen LogP) is 3.76. The summed E-state index contributed by atoms with van der Waals surface area (Å²) >= 11 is 0. The summed E-state index contributed by atoms with van der Waals surface area (Å²) in [5, 5.41) is 0. The van der Waals surface area contributed by atoms with Crippen LogP contribution < -0.4 is 4.74 Å². The minimum Gasteiger partial charge on any atom is -0.457 e. The van der Waals surface area contributed by atoms with Gasteiger partial charge in [0.1, 0.15) is 17.3 Å². The Morgan fingerprint density at radius 2 is 1.42 bits per heavy atom. The van der Waals surface area contributed by atoms with E-state index in [1.165, 1.54) is 16.4 Å². The number of carbonyl (C=O) groups excluding carboxylic acids is 1. The number of amides is 1. The van der Waals surface area contributed by atoms with Gasteiger partial charge in [0.05, 0.1) is 10.5 Å². The highest BCUT2D eigenvalue weighted by molar-refractivity contribution is 7.89. The quantitative estimate of drug-likeness (QED) is 0.606. The molecular weight excluding hydrogens is 419 g/mol. The lowest BCUT2D eigenvalue weighted by Gasteiger charge is -2.34. The van der Waals surface area contributed by atoms with Gasteiger partial charge in [0.25, 0.3) is 5.91 Å². The van der Waals surface area contributed by atoms with Gasteiger partial charge in [-0.2, -0.15) is 4.31 Å². The highest BCUT2D eigenvalue weighted by atomic mass is 32.2. The van der Waals surface area contributed by atoms with Gasteiger partial charge in [-0.25, -0.2) is 12.8 Å². The third kappa shape index (κ3) is 4.60. The van der Waals surface area contributed by atoms with Crippen LogP contribution in [-0.4, -0.2) is 49.7 Å². The zero-order valence-corrected chi connectivity index (χ0v) is 17.5. The number of para-hydroxylation sites is 2. The van der Waals surface area contributed by atoms with Gasteiger partial charge in [0.2, 0.25) is 10.0 Å². The summed E-state index contributed by atoms with van der Waals surface area (Å²) in [6, 6.07) is 20.9. The number of benzene rings is 3. The second-order valence-electron chi connectivity index (χ2n) is 7.06. The molecule has 31 heavy (non-hydrogen) atoms. The zero-order chi connectivity index (χ0) is 21.8. The summed E-state index contributed by atoms with van der Waals surface area (Å²) in [5.41, 5.74) is 0.418. The van der Waals surface area contributed by atoms with Gasteiger partial charge in [0.15, 0.2) is 0 Å².